The summed E-state index contributed by atoms with van der Waals surface area (Å²) in [7, 11) is 0. The first kappa shape index (κ1) is 26.8. The number of fused-ring (bicyclic) bond motifs is 1. The molecule has 3 amide bonds. The topological polar surface area (TPSA) is 101 Å². The summed E-state index contributed by atoms with van der Waals surface area (Å²) >= 11 is 6.14. The molecule has 9 heteroatoms. The van der Waals surface area contributed by atoms with Crippen LogP contribution in [0, 0.1) is 0 Å². The first-order valence-corrected chi connectivity index (χ1v) is 12.8. The first-order chi connectivity index (χ1) is 18.4. The number of anilines is 2. The van der Waals surface area contributed by atoms with Crippen molar-refractivity contribution < 1.29 is 19.1 Å². The van der Waals surface area contributed by atoms with Crippen LogP contribution >= 0.6 is 11.6 Å². The smallest absolute Gasteiger partial charge is 0.328 e. The molecule has 0 bridgehead atoms. The van der Waals surface area contributed by atoms with Gasteiger partial charge in [0.15, 0.2) is 0 Å². The Balaban J connectivity index is 1.51. The molecule has 0 aliphatic rings. The Labute approximate surface area is 225 Å². The van der Waals surface area contributed by atoms with Crippen LogP contribution in [0.4, 0.5) is 11.4 Å². The molecule has 196 valence electrons. The maximum absolute atomic E-state index is 13.2. The molecule has 0 saturated carbocycles. The van der Waals surface area contributed by atoms with Crippen LogP contribution in [0.25, 0.3) is 10.9 Å². The molecule has 0 atom stereocenters. The van der Waals surface area contributed by atoms with Gasteiger partial charge in [-0.15, -0.1) is 0 Å². The summed E-state index contributed by atoms with van der Waals surface area (Å²) in [6, 6.07) is 20.8. The Hall–Kier alpha value is -4.30. The van der Waals surface area contributed by atoms with Gasteiger partial charge in [-0.25, -0.2) is 4.68 Å². The predicted octanol–water partition coefficient (Wildman–Crippen LogP) is 6.00. The second-order valence-electron chi connectivity index (χ2n) is 8.69. The lowest BCUT2D eigenvalue weighted by Gasteiger charge is -2.13. The van der Waals surface area contributed by atoms with Gasteiger partial charge in [-0.05, 0) is 79.1 Å². The van der Waals surface area contributed by atoms with Crippen molar-refractivity contribution in [1.82, 2.24) is 4.68 Å². The van der Waals surface area contributed by atoms with Crippen molar-refractivity contribution in [3.8, 4) is 5.75 Å². The molecule has 0 spiro atoms. The van der Waals surface area contributed by atoms with E-state index in [9.17, 15) is 14.4 Å². The molecule has 0 radical (unpaired) electrons. The number of unbranched alkanes of at least 4 members (excludes halogenated alkanes) is 1. The van der Waals surface area contributed by atoms with E-state index in [-0.39, 0.29) is 5.69 Å². The third kappa shape index (κ3) is 6.52. The van der Waals surface area contributed by atoms with E-state index in [2.05, 4.69) is 23.0 Å². The highest BCUT2D eigenvalue weighted by Crippen LogP contribution is 2.24. The van der Waals surface area contributed by atoms with Gasteiger partial charge in [0.25, 0.3) is 5.91 Å². The number of ether oxygens (including phenoxy) is 1. The zero-order valence-electron chi connectivity index (χ0n) is 21.2. The van der Waals surface area contributed by atoms with E-state index in [0.717, 1.165) is 24.8 Å². The summed E-state index contributed by atoms with van der Waals surface area (Å²) in [6.07, 6.45) is 2.86. The number of aromatic nitrogens is 1. The largest absolute Gasteiger partial charge is 0.494 e. The second-order valence-corrected chi connectivity index (χ2v) is 9.13. The number of amides is 3. The summed E-state index contributed by atoms with van der Waals surface area (Å²) in [5.41, 5.74) is 5.37. The molecule has 3 aromatic carbocycles. The number of nitrogens with one attached hydrogen (secondary N) is 3. The van der Waals surface area contributed by atoms with Crippen LogP contribution in [0.1, 0.15) is 42.7 Å². The molecule has 3 N–H and O–H groups in total. The number of halogens is 1. The molecule has 1 heterocycles. The third-order valence-electron chi connectivity index (χ3n) is 5.91. The Kier molecular flexibility index (Phi) is 8.66. The summed E-state index contributed by atoms with van der Waals surface area (Å²) in [5, 5.41) is 6.50. The fourth-order valence-corrected chi connectivity index (χ4v) is 3.98. The third-order valence-corrected chi connectivity index (χ3v) is 6.15. The van der Waals surface area contributed by atoms with Gasteiger partial charge in [-0.3, -0.25) is 19.8 Å². The molecule has 4 aromatic rings. The fourth-order valence-electron chi connectivity index (χ4n) is 3.80. The van der Waals surface area contributed by atoms with E-state index in [1.54, 1.807) is 48.5 Å². The summed E-state index contributed by atoms with van der Waals surface area (Å²) in [5.74, 6) is -1.61. The summed E-state index contributed by atoms with van der Waals surface area (Å²) < 4.78 is 6.91. The van der Waals surface area contributed by atoms with Crippen molar-refractivity contribution >= 4 is 51.6 Å². The number of carbonyl (C=O) groups is 3. The van der Waals surface area contributed by atoms with Crippen molar-refractivity contribution in [3.63, 3.8) is 0 Å². The number of carbonyl (C=O) groups excluding carboxylic acids is 3. The van der Waals surface area contributed by atoms with E-state index in [1.165, 1.54) is 4.68 Å². The number of aryl methyl sites for hydroxylation is 1. The highest BCUT2D eigenvalue weighted by atomic mass is 35.5. The number of hydrogen-bond acceptors (Lipinski definition) is 4. The molecule has 4 rings (SSSR count). The van der Waals surface area contributed by atoms with Crippen LogP contribution < -0.4 is 20.8 Å². The van der Waals surface area contributed by atoms with Crippen LogP contribution in [0.2, 0.25) is 5.02 Å². The quantitative estimate of drug-likeness (QED) is 0.182. The van der Waals surface area contributed by atoms with Crippen molar-refractivity contribution in [1.29, 1.82) is 0 Å². The van der Waals surface area contributed by atoms with Crippen LogP contribution in [0.3, 0.4) is 0 Å². The van der Waals surface area contributed by atoms with E-state index in [1.807, 2.05) is 31.2 Å². The van der Waals surface area contributed by atoms with Gasteiger partial charge >= 0.3 is 11.8 Å². The zero-order chi connectivity index (χ0) is 27.1. The van der Waals surface area contributed by atoms with E-state index in [0.29, 0.717) is 39.7 Å². The van der Waals surface area contributed by atoms with Gasteiger partial charge in [-0.1, -0.05) is 44.0 Å². The normalized spacial score (nSPS) is 10.7. The monoisotopic (exact) mass is 532 g/mol. The van der Waals surface area contributed by atoms with E-state index >= 15 is 0 Å². The minimum absolute atomic E-state index is 0.136. The van der Waals surface area contributed by atoms with Gasteiger partial charge < -0.3 is 15.4 Å². The van der Waals surface area contributed by atoms with Crippen LogP contribution in [0.15, 0.2) is 72.8 Å². The lowest BCUT2D eigenvalue weighted by atomic mass is 10.1. The van der Waals surface area contributed by atoms with Crippen LogP contribution in [0.5, 0.6) is 5.75 Å². The molecule has 0 aliphatic carbocycles. The molecule has 0 unspecified atom stereocenters. The highest BCUT2D eigenvalue weighted by Gasteiger charge is 2.21. The zero-order valence-corrected chi connectivity index (χ0v) is 22.0. The van der Waals surface area contributed by atoms with Gasteiger partial charge in [-0.2, -0.15) is 0 Å². The van der Waals surface area contributed by atoms with Crippen LogP contribution in [-0.4, -0.2) is 29.0 Å². The molecule has 8 nitrogen and oxygen atoms in total. The van der Waals surface area contributed by atoms with E-state index < -0.39 is 17.7 Å². The lowest BCUT2D eigenvalue weighted by Crippen LogP contribution is -2.36. The van der Waals surface area contributed by atoms with Crippen molar-refractivity contribution in [2.45, 2.75) is 33.1 Å². The molecule has 0 saturated heterocycles. The van der Waals surface area contributed by atoms with Gasteiger partial charge in [0.1, 0.15) is 11.4 Å². The Bertz CT molecular complexity index is 1450. The van der Waals surface area contributed by atoms with Crippen molar-refractivity contribution in [3.05, 3.63) is 89.1 Å². The predicted molar refractivity (Wildman–Crippen MR) is 151 cm³/mol. The molecular weight excluding hydrogens is 504 g/mol. The van der Waals surface area contributed by atoms with Gasteiger partial charge in [0, 0.05) is 21.8 Å². The number of nitrogens with zero attached hydrogens (tertiary/aromatic N) is 1. The standard InChI is InChI=1S/C29H29ClN4O4/c1-3-5-16-38-24-13-11-23(12-14-24)32-28(36)29(37)33-34-25-15-8-21(30)17-20(25)18-26(34)27(35)31-22-9-6-19(4-2)7-10-22/h6-15,17-18H,3-5,16H2,1-2H3,(H,31,35)(H,32,36)(H,33,37). The SMILES string of the molecule is CCCCOc1ccc(NC(=O)C(=O)Nn2c(C(=O)Nc3ccc(CC)cc3)cc3cc(Cl)ccc32)cc1. The summed E-state index contributed by atoms with van der Waals surface area (Å²) in [4.78, 5) is 38.7. The fraction of sp³-hybridized carbons (Fsp3) is 0.207. The minimum Gasteiger partial charge on any atom is -0.494 e. The molecule has 0 aliphatic heterocycles. The average Bonchev–Trinajstić information content (AvgIpc) is 3.27. The lowest BCUT2D eigenvalue weighted by molar-refractivity contribution is -0.133. The first-order valence-electron chi connectivity index (χ1n) is 12.4. The second kappa shape index (κ2) is 12.3. The van der Waals surface area contributed by atoms with E-state index in [4.69, 9.17) is 16.3 Å². The Morgan fingerprint density at radius 1 is 0.842 bits per heavy atom. The van der Waals surface area contributed by atoms with Gasteiger partial charge in [0.05, 0.1) is 12.1 Å². The maximum Gasteiger partial charge on any atom is 0.328 e. The van der Waals surface area contributed by atoms with Crippen molar-refractivity contribution in [2.75, 3.05) is 22.7 Å². The molecule has 38 heavy (non-hydrogen) atoms. The molecule has 1 aromatic heterocycles. The Morgan fingerprint density at radius 3 is 2.21 bits per heavy atom. The van der Waals surface area contributed by atoms with Crippen molar-refractivity contribution in [2.24, 2.45) is 0 Å². The molecule has 0 fully saturated rings. The number of rotatable bonds is 9. The Morgan fingerprint density at radius 2 is 1.53 bits per heavy atom. The minimum atomic E-state index is -0.943. The molecular formula is C29H29ClN4O4. The highest BCUT2D eigenvalue weighted by molar-refractivity contribution is 6.42. The van der Waals surface area contributed by atoms with Crippen LogP contribution in [-0.2, 0) is 16.0 Å². The number of benzene rings is 3. The maximum atomic E-state index is 13.2. The van der Waals surface area contributed by atoms with Gasteiger partial charge in [0.2, 0.25) is 0 Å². The average molecular weight is 533 g/mol. The summed E-state index contributed by atoms with van der Waals surface area (Å²) in [6.45, 7) is 4.74. The number of hydrogen-bond donors (Lipinski definition) is 3.